The fraction of sp³-hybridized carbons (Fsp3) is 0.139. The van der Waals surface area contributed by atoms with E-state index in [2.05, 4.69) is 292 Å². The normalized spacial score (nSPS) is 15.1. The van der Waals surface area contributed by atoms with Crippen molar-refractivity contribution >= 4 is 91.4 Å². The number of carbonyl (C=O) groups excluding carboxylic acids is 1. The number of fused-ring (bicyclic) bond motifs is 5. The number of aliphatic imine (C=N–C) groups is 4. The van der Waals surface area contributed by atoms with Gasteiger partial charge in [0.25, 0.3) is 0 Å². The average Bonchev–Trinajstić information content (AvgIpc) is 1.64. The van der Waals surface area contributed by atoms with Gasteiger partial charge in [-0.15, -0.1) is 20.4 Å². The van der Waals surface area contributed by atoms with Gasteiger partial charge in [0.2, 0.25) is 5.91 Å². The molecule has 4 unspecified atom stereocenters. The number of imidazole rings is 1. The number of halogens is 1. The molecule has 23 nitrogen and oxygen atoms in total. The number of hydrogen-bond donors (Lipinski definition) is 1. The van der Waals surface area contributed by atoms with E-state index in [0.29, 0.717) is 11.6 Å². The molecule has 5 aliphatic rings. The third kappa shape index (κ3) is 20.0. The first-order valence-corrected chi connectivity index (χ1v) is 43.9. The van der Waals surface area contributed by atoms with Gasteiger partial charge in [0, 0.05) is 66.6 Å². The summed E-state index contributed by atoms with van der Waals surface area (Å²) < 4.78 is 9.15. The van der Waals surface area contributed by atoms with Crippen molar-refractivity contribution in [3.8, 4) is 17.1 Å². The van der Waals surface area contributed by atoms with Crippen LogP contribution in [0, 0.1) is 27.7 Å². The van der Waals surface area contributed by atoms with Crippen LogP contribution in [0.25, 0.3) is 44.8 Å². The minimum Gasteiger partial charge on any atom is -0.324 e. The number of anilines is 1. The average molecular weight is 1750 g/mol. The number of azo groups is 1. The number of nitrogens with one attached hydrogen (secondary N) is 1. The van der Waals surface area contributed by atoms with Crippen LogP contribution < -0.4 is 5.32 Å². The molecule has 5 aliphatic heterocycles. The smallest absolute Gasteiger partial charge is 0.246 e. The highest BCUT2D eigenvalue weighted by atomic mass is 35.5. The molecule has 648 valence electrons. The van der Waals surface area contributed by atoms with Crippen LogP contribution in [0.5, 0.6) is 0 Å². The number of nitrogens with zero attached hydrogens (tertiary/aromatic N) is 21. The van der Waals surface area contributed by atoms with Gasteiger partial charge in [-0.1, -0.05) is 268 Å². The standard InChI is InChI=1S/C25H21N3.C24H20N4.C23H19N5.C20H15ClN6.C15H14N4O.CH4/c1-17-11-13-18(14-12-17)24-16-20(27-28-24)15-22-21-9-5-6-10-23(21)26-25(22)19-7-3-2-4-8-19;1-17-11-13-20(14-12-17)28-16-19(26-27-28)15-22-21-9-5-6-10-23(21)25-24(22)18-7-3-2-4-8-18;1-16-9-11-18(12-10-16)28-15-17(26-27-28)14-20-19-6-2-3-7-21(19)25-23(20)22-8-4-5-13-24-22;21-14-7-9-16(10-8-14)27-13-15(24-25-27)12-26-19-6-2-1-4-17(19)23-20(26)18-5-3-11-22-18;1-11-6-8-12(9-7-11)16-15(20)10-19-14-5-3-2-4-13(14)17-18-19;/h2-14,16,22,24H,15H2,1H3;2-14,16,22H,15H2,1H3;2-13,15,20H,14H2,1H3;1-2,4-11,13H,3,12H2;2-9H,10H2,1H3,(H,16,20);1H4. The highest BCUT2D eigenvalue weighted by Crippen LogP contribution is 2.45. The minimum atomic E-state index is -0.121. The van der Waals surface area contributed by atoms with Crippen LogP contribution in [0.15, 0.2) is 394 Å². The second kappa shape index (κ2) is 39.9. The highest BCUT2D eigenvalue weighted by molar-refractivity contribution is 6.30. The van der Waals surface area contributed by atoms with Gasteiger partial charge in [-0.05, 0) is 188 Å². The lowest BCUT2D eigenvalue weighted by Crippen LogP contribution is -2.19. The zero-order valence-corrected chi connectivity index (χ0v) is 73.1. The number of carbonyl (C=O) groups is 1. The molecule has 132 heavy (non-hydrogen) atoms. The van der Waals surface area contributed by atoms with Crippen molar-refractivity contribution in [3.05, 3.63) is 453 Å². The van der Waals surface area contributed by atoms with Gasteiger partial charge in [0.1, 0.15) is 29.5 Å². The predicted molar refractivity (Wildman–Crippen MR) is 525 cm³/mol. The van der Waals surface area contributed by atoms with Crippen LogP contribution in [-0.4, -0.2) is 104 Å². The van der Waals surface area contributed by atoms with Crippen LogP contribution in [0.4, 0.5) is 22.7 Å². The van der Waals surface area contributed by atoms with Crippen molar-refractivity contribution in [2.45, 2.75) is 97.7 Å². The summed E-state index contributed by atoms with van der Waals surface area (Å²) >= 11 is 5.96. The number of benzene rings is 12. The van der Waals surface area contributed by atoms with Crippen molar-refractivity contribution in [1.29, 1.82) is 0 Å². The summed E-state index contributed by atoms with van der Waals surface area (Å²) in [5.41, 5.74) is 31.5. The number of hydrogen-bond acceptors (Lipinski definition) is 17. The lowest BCUT2D eigenvalue weighted by molar-refractivity contribution is -0.116. The third-order valence-electron chi connectivity index (χ3n) is 23.2. The maximum atomic E-state index is 12.0. The summed E-state index contributed by atoms with van der Waals surface area (Å²) in [4.78, 5) is 40.5. The van der Waals surface area contributed by atoms with Gasteiger partial charge in [0.05, 0.1) is 116 Å². The molecular weight excluding hydrogens is 1660 g/mol. The van der Waals surface area contributed by atoms with Gasteiger partial charge in [-0.2, -0.15) is 10.2 Å². The molecule has 0 spiro atoms. The summed E-state index contributed by atoms with van der Waals surface area (Å²) in [7, 11) is 0. The van der Waals surface area contributed by atoms with E-state index in [4.69, 9.17) is 31.6 Å². The molecule has 12 aromatic carbocycles. The van der Waals surface area contributed by atoms with Crippen molar-refractivity contribution in [1.82, 2.24) is 74.5 Å². The summed E-state index contributed by atoms with van der Waals surface area (Å²) in [6.07, 6.45) is 17.1. The molecule has 1 amide bonds. The second-order valence-corrected chi connectivity index (χ2v) is 33.0. The van der Waals surface area contributed by atoms with Crippen molar-refractivity contribution in [2.75, 3.05) is 5.32 Å². The largest absolute Gasteiger partial charge is 0.324 e. The lowest BCUT2D eigenvalue weighted by atomic mass is 9.88. The molecule has 0 saturated carbocycles. The third-order valence-corrected chi connectivity index (χ3v) is 23.5. The molecule has 0 aliphatic carbocycles. The first-order chi connectivity index (χ1) is 64.3. The minimum absolute atomic E-state index is 0. The van der Waals surface area contributed by atoms with E-state index in [1.807, 2.05) is 181 Å². The van der Waals surface area contributed by atoms with E-state index in [1.165, 1.54) is 44.5 Å². The van der Waals surface area contributed by atoms with Crippen molar-refractivity contribution in [2.24, 2.45) is 30.2 Å². The zero-order chi connectivity index (χ0) is 88.9. The molecule has 0 saturated heterocycles. The Bertz CT molecular complexity index is 7150. The van der Waals surface area contributed by atoms with Gasteiger partial charge < -0.3 is 9.88 Å². The Morgan fingerprint density at radius 1 is 0.439 bits per heavy atom. The Morgan fingerprint density at radius 2 is 0.902 bits per heavy atom. The zero-order valence-electron chi connectivity index (χ0n) is 72.4. The molecule has 1 N–H and O–H groups in total. The maximum Gasteiger partial charge on any atom is 0.246 e. The fourth-order valence-corrected chi connectivity index (χ4v) is 16.7. The monoisotopic (exact) mass is 1750 g/mol. The van der Waals surface area contributed by atoms with E-state index in [-0.39, 0.29) is 43.7 Å². The summed E-state index contributed by atoms with van der Waals surface area (Å²) in [5, 5.41) is 46.7. The maximum absolute atomic E-state index is 12.0. The Morgan fingerprint density at radius 3 is 1.45 bits per heavy atom. The number of amides is 1. The van der Waals surface area contributed by atoms with Crippen LogP contribution >= 0.6 is 11.6 Å². The van der Waals surface area contributed by atoms with Crippen LogP contribution in [0.2, 0.25) is 5.02 Å². The molecule has 18 aromatic rings. The van der Waals surface area contributed by atoms with E-state index >= 15 is 0 Å². The molecule has 24 heteroatoms. The van der Waals surface area contributed by atoms with Crippen LogP contribution in [0.3, 0.4) is 0 Å². The van der Waals surface area contributed by atoms with E-state index in [9.17, 15) is 4.79 Å². The molecule has 0 radical (unpaired) electrons. The first-order valence-electron chi connectivity index (χ1n) is 43.5. The summed E-state index contributed by atoms with van der Waals surface area (Å²) in [6.45, 7) is 8.98. The lowest BCUT2D eigenvalue weighted by Gasteiger charge is -2.14. The number of aromatic nitrogens is 15. The highest BCUT2D eigenvalue weighted by Gasteiger charge is 2.34. The van der Waals surface area contributed by atoms with Crippen LogP contribution in [0.1, 0.15) is 128 Å². The molecular formula is C108H93ClN22O. The molecule has 23 rings (SSSR count). The molecule has 0 bridgehead atoms. The predicted octanol–water partition coefficient (Wildman–Crippen LogP) is 23.3. The number of pyridine rings is 1. The van der Waals surface area contributed by atoms with Crippen molar-refractivity contribution < 1.29 is 4.79 Å². The first kappa shape index (κ1) is 86.3. The van der Waals surface area contributed by atoms with Crippen molar-refractivity contribution in [3.63, 3.8) is 0 Å². The molecule has 11 heterocycles. The molecule has 0 fully saturated rings. The Hall–Kier alpha value is -16.4. The van der Waals surface area contributed by atoms with E-state index in [1.54, 1.807) is 9.36 Å². The fourth-order valence-electron chi connectivity index (χ4n) is 16.5. The summed E-state index contributed by atoms with van der Waals surface area (Å²) in [6, 6.07) is 108. The quantitative estimate of drug-likeness (QED) is 0.0796. The van der Waals surface area contributed by atoms with E-state index in [0.717, 1.165) is 156 Å². The Labute approximate surface area is 769 Å². The van der Waals surface area contributed by atoms with E-state index < -0.39 is 0 Å². The SMILES string of the molecule is C.Cc1ccc(-n2cc(CC3C(c4ccccc4)=Nc4ccccc43)nn2)cc1.Cc1ccc(-n2cc(CC3C(c4ccccn4)=Nc4ccccc43)nn2)cc1.Cc1ccc(C2C=C(CC3C(c4ccccc4)=Nc4ccccc43)N=N2)cc1.Cc1ccc(NC(=O)Cn2nnc3ccccc32)cc1.Clc1ccc(-n2cc(Cn3c(C4=CCC=N4)nc4ccccc43)nn2)cc1. The Kier molecular flexibility index (Phi) is 26.1. The van der Waals surface area contributed by atoms with Gasteiger partial charge in [-0.3, -0.25) is 29.7 Å². The number of allylic oxidation sites excluding steroid dienone is 2. The topological polar surface area (TPSA) is 257 Å². The van der Waals surface area contributed by atoms with Crippen LogP contribution in [-0.2, 0) is 30.7 Å². The Balaban J connectivity index is 0.000000111. The molecule has 4 atom stereocenters. The number of para-hydroxylation sites is 6. The summed E-state index contributed by atoms with van der Waals surface area (Å²) in [5.74, 6) is 1.24. The number of aryl methyl sites for hydroxylation is 4. The van der Waals surface area contributed by atoms with Gasteiger partial charge >= 0.3 is 0 Å². The molecule has 6 aromatic heterocycles. The van der Waals surface area contributed by atoms with Gasteiger partial charge in [0.15, 0.2) is 5.82 Å². The van der Waals surface area contributed by atoms with Gasteiger partial charge in [-0.25, -0.2) is 23.7 Å². The number of rotatable bonds is 19. The second-order valence-electron chi connectivity index (χ2n) is 32.5.